The first-order valence-corrected chi connectivity index (χ1v) is 7.65. The van der Waals surface area contributed by atoms with Gasteiger partial charge >= 0.3 is 0 Å². The molecular formula is C18H20FN3O. The highest BCUT2D eigenvalue weighted by molar-refractivity contribution is 5.81. The second kappa shape index (κ2) is 6.48. The van der Waals surface area contributed by atoms with E-state index in [2.05, 4.69) is 0 Å². The van der Waals surface area contributed by atoms with Crippen molar-refractivity contribution < 1.29 is 9.18 Å². The van der Waals surface area contributed by atoms with Crippen molar-refractivity contribution in [3.8, 4) is 0 Å². The lowest BCUT2D eigenvalue weighted by Crippen LogP contribution is -2.37. The lowest BCUT2D eigenvalue weighted by molar-refractivity contribution is -0.123. The molecule has 1 saturated heterocycles. The first-order valence-electron chi connectivity index (χ1n) is 7.65. The average molecular weight is 313 g/mol. The first kappa shape index (κ1) is 15.6. The minimum atomic E-state index is -0.588. The molecule has 3 atom stereocenters. The van der Waals surface area contributed by atoms with Crippen LogP contribution in [0.1, 0.15) is 23.1 Å². The normalized spacial score (nSPS) is 22.9. The maximum absolute atomic E-state index is 13.1. The monoisotopic (exact) mass is 313 g/mol. The minimum absolute atomic E-state index is 0.0697. The van der Waals surface area contributed by atoms with Crippen LogP contribution >= 0.6 is 0 Å². The summed E-state index contributed by atoms with van der Waals surface area (Å²) < 4.78 is 13.1. The van der Waals surface area contributed by atoms with E-state index in [1.54, 1.807) is 12.1 Å². The lowest BCUT2D eigenvalue weighted by atomic mass is 9.95. The number of likely N-dealkylation sites (tertiary alicyclic amines) is 1. The van der Waals surface area contributed by atoms with E-state index in [1.807, 2.05) is 35.2 Å². The zero-order valence-corrected chi connectivity index (χ0v) is 12.7. The number of primary amides is 1. The van der Waals surface area contributed by atoms with E-state index >= 15 is 0 Å². The zero-order valence-electron chi connectivity index (χ0n) is 12.7. The van der Waals surface area contributed by atoms with Crippen molar-refractivity contribution in [2.45, 2.75) is 18.0 Å². The molecule has 0 aliphatic carbocycles. The average Bonchev–Trinajstić information content (AvgIpc) is 2.91. The number of carbonyl (C=O) groups is 1. The van der Waals surface area contributed by atoms with Gasteiger partial charge in [-0.1, -0.05) is 42.5 Å². The second-order valence-electron chi connectivity index (χ2n) is 5.99. The predicted molar refractivity (Wildman–Crippen MR) is 87.1 cm³/mol. The van der Waals surface area contributed by atoms with Gasteiger partial charge in [-0.3, -0.25) is 9.69 Å². The van der Waals surface area contributed by atoms with Gasteiger partial charge in [0.25, 0.3) is 0 Å². The first-order chi connectivity index (χ1) is 11.1. The Bertz CT molecular complexity index is 674. The molecule has 0 spiro atoms. The van der Waals surface area contributed by atoms with Crippen molar-refractivity contribution in [3.63, 3.8) is 0 Å². The number of rotatable bonds is 4. The van der Waals surface area contributed by atoms with Crippen LogP contribution in [0.4, 0.5) is 4.39 Å². The third kappa shape index (κ3) is 3.25. The van der Waals surface area contributed by atoms with Gasteiger partial charge in [-0.25, -0.2) is 4.39 Å². The van der Waals surface area contributed by atoms with Gasteiger partial charge in [0.05, 0.1) is 0 Å². The molecule has 23 heavy (non-hydrogen) atoms. The fraction of sp³-hybridized carbons (Fsp3) is 0.278. The maximum atomic E-state index is 13.1. The van der Waals surface area contributed by atoms with Crippen LogP contribution in [0.2, 0.25) is 0 Å². The molecule has 4 N–H and O–H groups in total. The van der Waals surface area contributed by atoms with Gasteiger partial charge in [-0.05, 0) is 23.3 Å². The molecule has 1 unspecified atom stereocenters. The van der Waals surface area contributed by atoms with Crippen LogP contribution in [0.25, 0.3) is 0 Å². The Kier molecular flexibility index (Phi) is 4.41. The molecule has 1 amide bonds. The molecule has 1 heterocycles. The van der Waals surface area contributed by atoms with Crippen molar-refractivity contribution in [2.75, 3.05) is 13.1 Å². The Balaban J connectivity index is 1.85. The van der Waals surface area contributed by atoms with Gasteiger partial charge in [0, 0.05) is 25.0 Å². The van der Waals surface area contributed by atoms with E-state index in [4.69, 9.17) is 11.5 Å². The number of hydrogen-bond acceptors (Lipinski definition) is 3. The molecule has 5 heteroatoms. The van der Waals surface area contributed by atoms with E-state index in [0.29, 0.717) is 18.7 Å². The van der Waals surface area contributed by atoms with E-state index in [1.165, 1.54) is 12.1 Å². The third-order valence-corrected chi connectivity index (χ3v) is 4.44. The quantitative estimate of drug-likeness (QED) is 0.904. The number of nitrogens with two attached hydrogens (primary N) is 2. The van der Waals surface area contributed by atoms with E-state index in [-0.39, 0.29) is 17.8 Å². The Labute approximate surface area is 134 Å². The molecule has 1 aliphatic heterocycles. The van der Waals surface area contributed by atoms with Crippen molar-refractivity contribution in [1.82, 2.24) is 4.90 Å². The van der Waals surface area contributed by atoms with Crippen LogP contribution in [0, 0.1) is 5.82 Å². The number of hydrogen-bond donors (Lipinski definition) is 2. The number of nitrogens with zero attached hydrogens (tertiary/aromatic N) is 1. The minimum Gasteiger partial charge on any atom is -0.368 e. The molecule has 0 saturated carbocycles. The number of benzene rings is 2. The highest BCUT2D eigenvalue weighted by atomic mass is 19.1. The zero-order chi connectivity index (χ0) is 16.4. The maximum Gasteiger partial charge on any atom is 0.239 e. The highest BCUT2D eigenvalue weighted by Gasteiger charge is 2.37. The smallest absolute Gasteiger partial charge is 0.239 e. The molecule has 3 rings (SSSR count). The van der Waals surface area contributed by atoms with Crippen molar-refractivity contribution in [3.05, 3.63) is 71.5 Å². The van der Waals surface area contributed by atoms with Crippen LogP contribution < -0.4 is 11.5 Å². The van der Waals surface area contributed by atoms with Crippen LogP contribution in [0.5, 0.6) is 0 Å². The number of halogens is 1. The van der Waals surface area contributed by atoms with Gasteiger partial charge in [-0.2, -0.15) is 0 Å². The Morgan fingerprint density at radius 2 is 1.74 bits per heavy atom. The summed E-state index contributed by atoms with van der Waals surface area (Å²) in [5, 5.41) is 0. The summed E-state index contributed by atoms with van der Waals surface area (Å²) >= 11 is 0. The fourth-order valence-corrected chi connectivity index (χ4v) is 3.32. The van der Waals surface area contributed by atoms with Gasteiger partial charge in [0.15, 0.2) is 0 Å². The largest absolute Gasteiger partial charge is 0.368 e. The molecular weight excluding hydrogens is 293 g/mol. The van der Waals surface area contributed by atoms with Crippen molar-refractivity contribution >= 4 is 5.91 Å². The molecule has 4 nitrogen and oxygen atoms in total. The van der Waals surface area contributed by atoms with Gasteiger partial charge in [-0.15, -0.1) is 0 Å². The third-order valence-electron chi connectivity index (χ3n) is 4.44. The van der Waals surface area contributed by atoms with Crippen LogP contribution in [-0.4, -0.2) is 29.9 Å². The Morgan fingerprint density at radius 1 is 1.09 bits per heavy atom. The van der Waals surface area contributed by atoms with Gasteiger partial charge in [0.2, 0.25) is 5.91 Å². The number of carbonyl (C=O) groups excluding carboxylic acids is 1. The molecule has 1 aliphatic rings. The van der Waals surface area contributed by atoms with Gasteiger partial charge in [0.1, 0.15) is 11.9 Å². The molecule has 120 valence electrons. The molecule has 0 aromatic heterocycles. The summed E-state index contributed by atoms with van der Waals surface area (Å²) in [5.41, 5.74) is 13.7. The van der Waals surface area contributed by atoms with E-state index < -0.39 is 11.9 Å². The highest BCUT2D eigenvalue weighted by Crippen LogP contribution is 2.32. The van der Waals surface area contributed by atoms with Crippen LogP contribution in [0.3, 0.4) is 0 Å². The molecule has 2 aromatic carbocycles. The summed E-state index contributed by atoms with van der Waals surface area (Å²) in [6, 6.07) is 15.3. The summed E-state index contributed by atoms with van der Waals surface area (Å²) in [7, 11) is 0. The molecule has 2 aromatic rings. The van der Waals surface area contributed by atoms with E-state index in [9.17, 15) is 9.18 Å². The lowest BCUT2D eigenvalue weighted by Gasteiger charge is -2.25. The number of amides is 1. The molecule has 0 bridgehead atoms. The molecule has 1 fully saturated rings. The second-order valence-corrected chi connectivity index (χ2v) is 5.99. The van der Waals surface area contributed by atoms with Crippen molar-refractivity contribution in [1.29, 1.82) is 0 Å². The predicted octanol–water partition coefficient (Wildman–Crippen LogP) is 1.78. The van der Waals surface area contributed by atoms with Crippen molar-refractivity contribution in [2.24, 2.45) is 11.5 Å². The summed E-state index contributed by atoms with van der Waals surface area (Å²) in [4.78, 5) is 14.0. The Hall–Kier alpha value is -2.24. The van der Waals surface area contributed by atoms with Crippen LogP contribution in [0.15, 0.2) is 54.6 Å². The van der Waals surface area contributed by atoms with Crippen LogP contribution in [-0.2, 0) is 4.79 Å². The standard InChI is InChI=1S/C18H20FN3O/c19-14-8-6-13(7-9-14)17(18(21)23)22-10-15(16(20)11-22)12-4-2-1-3-5-12/h1-9,15-17H,10-11,20H2,(H2,21,23)/t15-,16+,17?/m0/s1. The summed E-state index contributed by atoms with van der Waals surface area (Å²) in [6.07, 6.45) is 0. The molecule has 0 radical (unpaired) electrons. The SMILES string of the molecule is NC(=O)C(c1ccc(F)cc1)N1C[C@@H](N)[C@H](c2ccccc2)C1. The fourth-order valence-electron chi connectivity index (χ4n) is 3.32. The topological polar surface area (TPSA) is 72.4 Å². The summed E-state index contributed by atoms with van der Waals surface area (Å²) in [5.74, 6) is -0.631. The Morgan fingerprint density at radius 3 is 2.35 bits per heavy atom. The van der Waals surface area contributed by atoms with E-state index in [0.717, 1.165) is 5.56 Å². The summed E-state index contributed by atoms with van der Waals surface area (Å²) in [6.45, 7) is 1.22. The van der Waals surface area contributed by atoms with Gasteiger partial charge < -0.3 is 11.5 Å².